The van der Waals surface area contributed by atoms with E-state index >= 15 is 0 Å². The first-order valence-corrected chi connectivity index (χ1v) is 16.3. The second kappa shape index (κ2) is 8.28. The van der Waals surface area contributed by atoms with Crippen LogP contribution in [0.15, 0.2) is 115 Å². The molecule has 4 aliphatic rings. The second-order valence-electron chi connectivity index (χ2n) is 13.2. The van der Waals surface area contributed by atoms with Gasteiger partial charge in [-0.3, -0.25) is 0 Å². The van der Waals surface area contributed by atoms with E-state index in [1.807, 2.05) is 0 Å². The van der Waals surface area contributed by atoms with Crippen molar-refractivity contribution in [1.29, 1.82) is 0 Å². The molecule has 6 heterocycles. The molecule has 224 valence electrons. The highest BCUT2D eigenvalue weighted by Gasteiger charge is 2.75. The molecule has 4 aliphatic heterocycles. The lowest BCUT2D eigenvalue weighted by molar-refractivity contribution is -1.02. The first-order valence-electron chi connectivity index (χ1n) is 16.3. The molecule has 47 heavy (non-hydrogen) atoms. The summed E-state index contributed by atoms with van der Waals surface area (Å²) >= 11 is 0. The van der Waals surface area contributed by atoms with Crippen LogP contribution in [0.2, 0.25) is 0 Å². The summed E-state index contributed by atoms with van der Waals surface area (Å²) in [5.74, 6) is 1.76. The lowest BCUT2D eigenvalue weighted by Gasteiger charge is -2.38. The molecule has 7 aromatic rings. The Bertz CT molecular complexity index is 2540. The number of para-hydroxylation sites is 2. The van der Waals surface area contributed by atoms with Crippen LogP contribution in [0.3, 0.4) is 0 Å². The summed E-state index contributed by atoms with van der Waals surface area (Å²) in [4.78, 5) is 2.45. The number of aryl methyl sites for hydroxylation is 2. The summed E-state index contributed by atoms with van der Waals surface area (Å²) in [6.07, 6.45) is 0. The van der Waals surface area contributed by atoms with Crippen molar-refractivity contribution in [2.45, 2.75) is 33.4 Å². The fourth-order valence-electron chi connectivity index (χ4n) is 9.25. The van der Waals surface area contributed by atoms with Crippen molar-refractivity contribution in [3.8, 4) is 45.1 Å². The zero-order chi connectivity index (χ0) is 31.3. The number of fused-ring (bicyclic) bond motifs is 7. The van der Waals surface area contributed by atoms with Crippen LogP contribution >= 0.6 is 0 Å². The van der Waals surface area contributed by atoms with Crippen LogP contribution in [0.5, 0.6) is 11.5 Å². The fourth-order valence-corrected chi connectivity index (χ4v) is 9.25. The molecule has 6 heteroatoms. The quantitative estimate of drug-likeness (QED) is 0.185. The summed E-state index contributed by atoms with van der Waals surface area (Å²) in [5, 5.41) is 0. The van der Waals surface area contributed by atoms with Crippen molar-refractivity contribution in [2.24, 2.45) is 0 Å². The van der Waals surface area contributed by atoms with Gasteiger partial charge in [-0.15, -0.1) is 9.36 Å². The van der Waals surface area contributed by atoms with Gasteiger partial charge in [-0.05, 0) is 76.3 Å². The Morgan fingerprint density at radius 2 is 1.23 bits per heavy atom. The van der Waals surface area contributed by atoms with E-state index in [4.69, 9.17) is 4.74 Å². The van der Waals surface area contributed by atoms with Crippen LogP contribution in [0.25, 0.3) is 33.6 Å². The monoisotopic (exact) mass is 609 g/mol. The molecule has 1 atom stereocenters. The Kier molecular flexibility index (Phi) is 4.46. The van der Waals surface area contributed by atoms with E-state index in [0.29, 0.717) is 0 Å². The van der Waals surface area contributed by atoms with Crippen LogP contribution in [0.1, 0.15) is 33.9 Å². The number of anilines is 3. The van der Waals surface area contributed by atoms with Crippen LogP contribution in [-0.2, 0) is 5.66 Å². The summed E-state index contributed by atoms with van der Waals surface area (Å²) in [5.41, 5.74) is 17.5. The predicted molar refractivity (Wildman–Crippen MR) is 182 cm³/mol. The van der Waals surface area contributed by atoms with E-state index in [9.17, 15) is 0 Å². The van der Waals surface area contributed by atoms with Crippen molar-refractivity contribution >= 4 is 17.1 Å². The summed E-state index contributed by atoms with van der Waals surface area (Å²) < 4.78 is 16.7. The lowest BCUT2D eigenvalue weighted by Crippen LogP contribution is -2.76. The molecule has 6 nitrogen and oxygen atoms in total. The van der Waals surface area contributed by atoms with Crippen molar-refractivity contribution < 1.29 is 14.1 Å². The molecule has 11 rings (SSSR count). The SMILES string of the molecule is Cc1cc(C)[n+]2n1-c1cccc3c1C21c2c(ccc4c2N3c2ccccc2O4)-n2c(C)c(-c3ccc(-c4ccccc4)cc3)c(C)[n+]21. The largest absolute Gasteiger partial charge is 0.466 e. The lowest BCUT2D eigenvalue weighted by atomic mass is 9.82. The first-order chi connectivity index (χ1) is 23.0. The topological polar surface area (TPSA) is 30.1 Å². The van der Waals surface area contributed by atoms with Crippen LogP contribution in [0, 0.1) is 27.7 Å². The molecule has 1 unspecified atom stereocenters. The van der Waals surface area contributed by atoms with Crippen molar-refractivity contribution in [3.63, 3.8) is 0 Å². The highest BCUT2D eigenvalue weighted by molar-refractivity contribution is 5.96. The van der Waals surface area contributed by atoms with Crippen molar-refractivity contribution in [3.05, 3.63) is 149 Å². The van der Waals surface area contributed by atoms with E-state index in [0.717, 1.165) is 22.9 Å². The molecule has 1 spiro atoms. The van der Waals surface area contributed by atoms with Gasteiger partial charge in [0.25, 0.3) is 0 Å². The Hall–Kier alpha value is -5.88. The predicted octanol–water partition coefficient (Wildman–Crippen LogP) is 8.22. The van der Waals surface area contributed by atoms with Gasteiger partial charge in [0.05, 0.1) is 28.3 Å². The smallest absolute Gasteiger partial charge is 0.453 e. The molecular weight excluding hydrogens is 578 g/mol. The first kappa shape index (κ1) is 25.3. The minimum absolute atomic E-state index is 0.645. The van der Waals surface area contributed by atoms with Gasteiger partial charge in [-0.25, -0.2) is 0 Å². The molecule has 5 aromatic carbocycles. The maximum atomic E-state index is 6.70. The van der Waals surface area contributed by atoms with E-state index in [-0.39, 0.29) is 0 Å². The molecule has 0 aliphatic carbocycles. The van der Waals surface area contributed by atoms with E-state index in [1.165, 1.54) is 73.2 Å². The molecule has 0 saturated carbocycles. The zero-order valence-electron chi connectivity index (χ0n) is 26.6. The summed E-state index contributed by atoms with van der Waals surface area (Å²) in [6.45, 7) is 9.04. The van der Waals surface area contributed by atoms with Crippen LogP contribution in [0.4, 0.5) is 17.1 Å². The number of aromatic nitrogens is 4. The van der Waals surface area contributed by atoms with Gasteiger partial charge in [0.1, 0.15) is 17.1 Å². The van der Waals surface area contributed by atoms with Gasteiger partial charge in [0.2, 0.25) is 11.4 Å². The van der Waals surface area contributed by atoms with Crippen molar-refractivity contribution in [2.75, 3.05) is 4.90 Å². The molecule has 0 saturated heterocycles. The number of ether oxygens (including phenoxy) is 1. The Morgan fingerprint density at radius 1 is 0.553 bits per heavy atom. The standard InChI is InChI=1S/C41H31N5O/c1-24-23-25(2)45-41-38-32(14-10-15-33(38)43(24)45)42-31-13-8-9-16-35(31)47-36-22-21-34(39(41)40(36)42)44-26(3)37(27(4)46(41)44)30-19-17-29(18-20-30)28-11-6-5-7-12-28/h5-23H,1-4H3/q+2. The van der Waals surface area contributed by atoms with E-state index in [2.05, 4.69) is 167 Å². The third-order valence-electron chi connectivity index (χ3n) is 10.8. The average Bonchev–Trinajstić information content (AvgIpc) is 3.78. The number of hydrogen-bond acceptors (Lipinski definition) is 2. The maximum Gasteiger partial charge on any atom is 0.466 e. The van der Waals surface area contributed by atoms with E-state index in [1.54, 1.807) is 0 Å². The Morgan fingerprint density at radius 3 is 2.06 bits per heavy atom. The van der Waals surface area contributed by atoms with Gasteiger partial charge >= 0.3 is 5.66 Å². The summed E-state index contributed by atoms with van der Waals surface area (Å²) in [7, 11) is 0. The van der Waals surface area contributed by atoms with Gasteiger partial charge in [0, 0.05) is 19.9 Å². The van der Waals surface area contributed by atoms with Gasteiger partial charge < -0.3 is 9.64 Å². The number of hydrogen-bond donors (Lipinski definition) is 0. The molecular formula is C41H31N5O+2. The molecule has 2 aromatic heterocycles. The summed E-state index contributed by atoms with van der Waals surface area (Å²) in [6, 6.07) is 41.6. The van der Waals surface area contributed by atoms with Gasteiger partial charge in [0.15, 0.2) is 22.6 Å². The number of rotatable bonds is 2. The zero-order valence-corrected chi connectivity index (χ0v) is 26.6. The molecule has 0 bridgehead atoms. The number of nitrogens with zero attached hydrogens (tertiary/aromatic N) is 5. The normalized spacial score (nSPS) is 16.7. The van der Waals surface area contributed by atoms with Crippen LogP contribution < -0.4 is 19.0 Å². The second-order valence-corrected chi connectivity index (χ2v) is 13.2. The molecule has 0 fully saturated rings. The molecule has 0 amide bonds. The minimum atomic E-state index is -0.645. The van der Waals surface area contributed by atoms with Gasteiger partial charge in [-0.1, -0.05) is 72.8 Å². The fraction of sp³-hybridized carbons (Fsp3) is 0.122. The molecule has 0 radical (unpaired) electrons. The highest BCUT2D eigenvalue weighted by Crippen LogP contribution is 2.63. The van der Waals surface area contributed by atoms with Crippen LogP contribution in [-0.4, -0.2) is 9.36 Å². The maximum absolute atomic E-state index is 6.70. The molecule has 0 N–H and O–H groups in total. The van der Waals surface area contributed by atoms with Crippen molar-refractivity contribution in [1.82, 2.24) is 9.36 Å². The third-order valence-corrected chi connectivity index (χ3v) is 10.8. The van der Waals surface area contributed by atoms with E-state index < -0.39 is 5.66 Å². The average molecular weight is 610 g/mol. The Labute approximate surface area is 272 Å². The minimum Gasteiger partial charge on any atom is -0.453 e. The number of benzene rings is 5. The highest BCUT2D eigenvalue weighted by atomic mass is 16.5. The van der Waals surface area contributed by atoms with Gasteiger partial charge in [-0.2, -0.15) is 0 Å². The Balaban J connectivity index is 1.27. The third kappa shape index (κ3) is 2.73.